The first-order valence-electron chi connectivity index (χ1n) is 6.30. The van der Waals surface area contributed by atoms with Crippen LogP contribution in [0.15, 0.2) is 24.4 Å². The van der Waals surface area contributed by atoms with Crippen molar-refractivity contribution in [3.8, 4) is 0 Å². The second-order valence-corrected chi connectivity index (χ2v) is 5.47. The minimum Gasteiger partial charge on any atom is -0.359 e. The normalized spacial score (nSPS) is 16.5. The monoisotopic (exact) mass is 260 g/mol. The Labute approximate surface area is 111 Å². The van der Waals surface area contributed by atoms with Crippen molar-refractivity contribution in [1.29, 1.82) is 0 Å². The second-order valence-electron chi connectivity index (χ2n) is 4.72. The summed E-state index contributed by atoms with van der Waals surface area (Å²) in [6.45, 7) is 2.98. The number of aryl methyl sites for hydroxylation is 1. The van der Waals surface area contributed by atoms with E-state index in [2.05, 4.69) is 38.7 Å². The fourth-order valence-electron chi connectivity index (χ4n) is 2.07. The van der Waals surface area contributed by atoms with Crippen LogP contribution in [0.2, 0.25) is 0 Å². The van der Waals surface area contributed by atoms with Gasteiger partial charge >= 0.3 is 0 Å². The molecule has 2 aromatic heterocycles. The van der Waals surface area contributed by atoms with Gasteiger partial charge in [0.2, 0.25) is 5.13 Å². The van der Waals surface area contributed by atoms with Crippen molar-refractivity contribution >= 4 is 16.7 Å². The Morgan fingerprint density at radius 2 is 2.28 bits per heavy atom. The molecule has 1 fully saturated rings. The summed E-state index contributed by atoms with van der Waals surface area (Å²) in [5.74, 6) is 0.921. The number of pyridine rings is 1. The van der Waals surface area contributed by atoms with Gasteiger partial charge in [-0.25, -0.2) is 4.98 Å². The Balaban J connectivity index is 1.66. The number of nitrogens with zero attached hydrogens (tertiary/aromatic N) is 3. The van der Waals surface area contributed by atoms with Crippen molar-refractivity contribution < 1.29 is 0 Å². The molecule has 4 nitrogen and oxygen atoms in total. The highest BCUT2D eigenvalue weighted by molar-refractivity contribution is 7.09. The van der Waals surface area contributed by atoms with Gasteiger partial charge in [0.05, 0.1) is 0 Å². The third kappa shape index (κ3) is 2.22. The average Bonchev–Trinajstić information content (AvgIpc) is 3.09. The molecule has 0 atom stereocenters. The molecule has 3 rings (SSSR count). The molecule has 0 unspecified atom stereocenters. The molecule has 0 radical (unpaired) electrons. The molecule has 2 heterocycles. The Morgan fingerprint density at radius 1 is 1.39 bits per heavy atom. The van der Waals surface area contributed by atoms with Gasteiger partial charge in [-0.05, 0) is 25.0 Å². The predicted molar refractivity (Wildman–Crippen MR) is 72.9 cm³/mol. The van der Waals surface area contributed by atoms with Gasteiger partial charge in [0.1, 0.15) is 5.82 Å². The number of rotatable bonds is 5. The van der Waals surface area contributed by atoms with E-state index >= 15 is 0 Å². The van der Waals surface area contributed by atoms with E-state index in [1.807, 2.05) is 12.3 Å². The zero-order valence-corrected chi connectivity index (χ0v) is 11.2. The zero-order chi connectivity index (χ0) is 12.4. The summed E-state index contributed by atoms with van der Waals surface area (Å²) in [5.41, 5.74) is 1.41. The van der Waals surface area contributed by atoms with E-state index in [1.54, 1.807) is 0 Å². The van der Waals surface area contributed by atoms with Gasteiger partial charge in [-0.15, -0.1) is 0 Å². The van der Waals surface area contributed by atoms with E-state index in [-0.39, 0.29) is 5.41 Å². The highest BCUT2D eigenvalue weighted by atomic mass is 32.1. The summed E-state index contributed by atoms with van der Waals surface area (Å²) in [5, 5.41) is 4.33. The molecular formula is C13H16N4S. The van der Waals surface area contributed by atoms with Gasteiger partial charge in [0.15, 0.2) is 0 Å². The van der Waals surface area contributed by atoms with E-state index < -0.39 is 0 Å². The maximum absolute atomic E-state index is 4.47. The lowest BCUT2D eigenvalue weighted by atomic mass is 10.0. The van der Waals surface area contributed by atoms with E-state index in [0.717, 1.165) is 23.9 Å². The first-order valence-corrected chi connectivity index (χ1v) is 7.08. The minimum atomic E-state index is 0.222. The quantitative estimate of drug-likeness (QED) is 0.898. The Kier molecular flexibility index (Phi) is 2.99. The molecular weight excluding hydrogens is 244 g/mol. The SMILES string of the molecule is CCc1nsc(NCC2(c3ccccn3)CC2)n1. The summed E-state index contributed by atoms with van der Waals surface area (Å²) in [6.07, 6.45) is 5.17. The fraction of sp³-hybridized carbons (Fsp3) is 0.462. The molecule has 5 heteroatoms. The van der Waals surface area contributed by atoms with Crippen LogP contribution in [0.25, 0.3) is 0 Å². The van der Waals surface area contributed by atoms with Crippen LogP contribution >= 0.6 is 11.5 Å². The zero-order valence-electron chi connectivity index (χ0n) is 10.4. The van der Waals surface area contributed by atoms with Gasteiger partial charge < -0.3 is 5.32 Å². The van der Waals surface area contributed by atoms with E-state index in [9.17, 15) is 0 Å². The minimum absolute atomic E-state index is 0.222. The molecule has 1 N–H and O–H groups in total. The summed E-state index contributed by atoms with van der Waals surface area (Å²) in [6, 6.07) is 6.14. The molecule has 1 saturated carbocycles. The van der Waals surface area contributed by atoms with Crippen LogP contribution in [0.3, 0.4) is 0 Å². The number of nitrogens with one attached hydrogen (secondary N) is 1. The van der Waals surface area contributed by atoms with Crippen molar-refractivity contribution in [3.63, 3.8) is 0 Å². The Bertz CT molecular complexity index is 519. The number of hydrogen-bond donors (Lipinski definition) is 1. The number of aromatic nitrogens is 3. The molecule has 94 valence electrons. The molecule has 0 spiro atoms. The van der Waals surface area contributed by atoms with Gasteiger partial charge in [0.25, 0.3) is 0 Å². The lowest BCUT2D eigenvalue weighted by Gasteiger charge is -2.14. The first kappa shape index (κ1) is 11.6. The van der Waals surface area contributed by atoms with Crippen LogP contribution < -0.4 is 5.32 Å². The lowest BCUT2D eigenvalue weighted by Crippen LogP contribution is -2.20. The lowest BCUT2D eigenvalue weighted by molar-refractivity contribution is 0.702. The van der Waals surface area contributed by atoms with Crippen LogP contribution in [0.5, 0.6) is 0 Å². The molecule has 0 bridgehead atoms. The van der Waals surface area contributed by atoms with Crippen LogP contribution in [0.1, 0.15) is 31.3 Å². The van der Waals surface area contributed by atoms with Gasteiger partial charge in [-0.1, -0.05) is 13.0 Å². The van der Waals surface area contributed by atoms with Crippen molar-refractivity contribution in [1.82, 2.24) is 14.3 Å². The molecule has 18 heavy (non-hydrogen) atoms. The highest BCUT2D eigenvalue weighted by Crippen LogP contribution is 2.47. The third-order valence-electron chi connectivity index (χ3n) is 3.42. The Hall–Kier alpha value is -1.49. The molecule has 0 saturated heterocycles. The molecule has 0 aliphatic heterocycles. The van der Waals surface area contributed by atoms with Crippen LogP contribution in [0, 0.1) is 0 Å². The van der Waals surface area contributed by atoms with Gasteiger partial charge in [-0.3, -0.25) is 4.98 Å². The van der Waals surface area contributed by atoms with E-state index in [0.29, 0.717) is 0 Å². The number of hydrogen-bond acceptors (Lipinski definition) is 5. The summed E-state index contributed by atoms with van der Waals surface area (Å²) < 4.78 is 4.28. The fourth-order valence-corrected chi connectivity index (χ4v) is 2.71. The van der Waals surface area contributed by atoms with Crippen molar-refractivity contribution in [2.75, 3.05) is 11.9 Å². The second kappa shape index (κ2) is 4.65. The van der Waals surface area contributed by atoms with Crippen LogP contribution in [-0.2, 0) is 11.8 Å². The molecule has 2 aromatic rings. The maximum Gasteiger partial charge on any atom is 0.202 e. The Morgan fingerprint density at radius 3 is 2.89 bits per heavy atom. The first-order chi connectivity index (χ1) is 8.82. The molecule has 1 aliphatic carbocycles. The summed E-state index contributed by atoms with van der Waals surface area (Å²) >= 11 is 1.45. The van der Waals surface area contributed by atoms with Crippen LogP contribution in [0.4, 0.5) is 5.13 Å². The largest absolute Gasteiger partial charge is 0.359 e. The third-order valence-corrected chi connectivity index (χ3v) is 4.13. The maximum atomic E-state index is 4.47. The average molecular weight is 260 g/mol. The van der Waals surface area contributed by atoms with E-state index in [1.165, 1.54) is 30.1 Å². The molecule has 0 aromatic carbocycles. The highest BCUT2D eigenvalue weighted by Gasteiger charge is 2.45. The van der Waals surface area contributed by atoms with Crippen molar-refractivity contribution in [2.24, 2.45) is 0 Å². The summed E-state index contributed by atoms with van der Waals surface area (Å²) in [4.78, 5) is 8.90. The van der Waals surface area contributed by atoms with Gasteiger partial charge in [-0.2, -0.15) is 4.37 Å². The molecule has 1 aliphatic rings. The summed E-state index contributed by atoms with van der Waals surface area (Å²) in [7, 11) is 0. The van der Waals surface area contributed by atoms with Gasteiger partial charge in [0, 0.05) is 41.8 Å². The number of anilines is 1. The van der Waals surface area contributed by atoms with Crippen molar-refractivity contribution in [3.05, 3.63) is 35.9 Å². The predicted octanol–water partition coefficient (Wildman–Crippen LogP) is 2.64. The topological polar surface area (TPSA) is 50.7 Å². The van der Waals surface area contributed by atoms with E-state index in [4.69, 9.17) is 0 Å². The van der Waals surface area contributed by atoms with Crippen LogP contribution in [-0.4, -0.2) is 20.9 Å². The smallest absolute Gasteiger partial charge is 0.202 e. The van der Waals surface area contributed by atoms with Crippen molar-refractivity contribution in [2.45, 2.75) is 31.6 Å². The molecule has 0 amide bonds. The standard InChI is InChI=1S/C13H16N4S/c1-2-11-16-12(18-17-11)15-9-13(6-7-13)10-5-3-4-8-14-10/h3-5,8H,2,6-7,9H2,1H3,(H,15,16,17).